The summed E-state index contributed by atoms with van der Waals surface area (Å²) in [6, 6.07) is 22.0. The molecule has 30 heavy (non-hydrogen) atoms. The second-order valence-corrected chi connectivity index (χ2v) is 9.24. The van der Waals surface area contributed by atoms with Crippen LogP contribution in [-0.2, 0) is 15.0 Å². The first-order chi connectivity index (χ1) is 14.4. The number of rotatable bonds is 1. The molecule has 1 heterocycles. The van der Waals surface area contributed by atoms with Crippen LogP contribution in [0.2, 0.25) is 5.02 Å². The lowest BCUT2D eigenvalue weighted by atomic mass is 9.48. The van der Waals surface area contributed by atoms with Crippen LogP contribution in [0.4, 0.5) is 5.69 Å². The van der Waals surface area contributed by atoms with Crippen molar-refractivity contribution in [3.05, 3.63) is 99.6 Å². The normalized spacial score (nSPS) is 28.4. The Balaban J connectivity index is 1.63. The Kier molecular flexibility index (Phi) is 3.48. The fourth-order valence-electron chi connectivity index (χ4n) is 6.21. The number of anilines is 1. The highest BCUT2D eigenvalue weighted by atomic mass is 35.5. The number of hydrogen-bond donors (Lipinski definition) is 0. The average Bonchev–Trinajstić information content (AvgIpc) is 3.02. The summed E-state index contributed by atoms with van der Waals surface area (Å²) < 4.78 is 0. The summed E-state index contributed by atoms with van der Waals surface area (Å²) in [5.41, 5.74) is 5.61. The summed E-state index contributed by atoms with van der Waals surface area (Å²) in [7, 11) is 0. The zero-order valence-corrected chi connectivity index (χ0v) is 17.5. The van der Waals surface area contributed by atoms with Gasteiger partial charge < -0.3 is 0 Å². The summed E-state index contributed by atoms with van der Waals surface area (Å²) in [5.74, 6) is -1.16. The number of nitrogens with zero attached hydrogens (tertiary/aromatic N) is 1. The van der Waals surface area contributed by atoms with Crippen molar-refractivity contribution < 1.29 is 9.59 Å². The van der Waals surface area contributed by atoms with E-state index < -0.39 is 17.3 Å². The minimum atomic E-state index is -0.541. The maximum absolute atomic E-state index is 13.9. The minimum Gasteiger partial charge on any atom is -0.274 e. The second-order valence-electron chi connectivity index (χ2n) is 8.80. The maximum Gasteiger partial charge on any atom is 0.238 e. The van der Waals surface area contributed by atoms with Crippen molar-refractivity contribution in [1.82, 2.24) is 0 Å². The highest BCUT2D eigenvalue weighted by Crippen LogP contribution is 2.64. The van der Waals surface area contributed by atoms with E-state index in [-0.39, 0.29) is 17.7 Å². The molecule has 0 aromatic heterocycles. The van der Waals surface area contributed by atoms with Crippen LogP contribution in [-0.4, -0.2) is 11.8 Å². The van der Waals surface area contributed by atoms with Crippen LogP contribution in [0.5, 0.6) is 0 Å². The first-order valence-electron chi connectivity index (χ1n) is 10.3. The third-order valence-electron chi connectivity index (χ3n) is 7.46. The number of aryl methyl sites for hydroxylation is 1. The van der Waals surface area contributed by atoms with Crippen molar-refractivity contribution >= 4 is 29.1 Å². The van der Waals surface area contributed by atoms with Gasteiger partial charge in [0.25, 0.3) is 0 Å². The van der Waals surface area contributed by atoms with Gasteiger partial charge in [-0.25, -0.2) is 4.90 Å². The lowest BCUT2D eigenvalue weighted by Gasteiger charge is -2.52. The van der Waals surface area contributed by atoms with Gasteiger partial charge in [-0.1, -0.05) is 73.1 Å². The predicted molar refractivity (Wildman–Crippen MR) is 117 cm³/mol. The van der Waals surface area contributed by atoms with Gasteiger partial charge in [-0.15, -0.1) is 0 Å². The van der Waals surface area contributed by atoms with Gasteiger partial charge in [-0.3, -0.25) is 9.59 Å². The molecule has 3 aromatic rings. The van der Waals surface area contributed by atoms with Gasteiger partial charge in [0.2, 0.25) is 11.8 Å². The molecule has 3 aromatic carbocycles. The van der Waals surface area contributed by atoms with E-state index in [1.54, 1.807) is 12.1 Å². The van der Waals surface area contributed by atoms with Crippen LogP contribution in [0.3, 0.4) is 0 Å². The molecular weight excluding hydrogens is 394 g/mol. The number of imide groups is 1. The Labute approximate surface area is 180 Å². The Morgan fingerprint density at radius 1 is 0.867 bits per heavy atom. The number of carbonyl (C=O) groups excluding carboxylic acids is 2. The molecule has 2 bridgehead atoms. The van der Waals surface area contributed by atoms with Crippen molar-refractivity contribution in [1.29, 1.82) is 0 Å². The quantitative estimate of drug-likeness (QED) is 0.513. The van der Waals surface area contributed by atoms with Gasteiger partial charge in [0.1, 0.15) is 0 Å². The number of carbonyl (C=O) groups is 2. The molecule has 4 aliphatic rings. The summed E-state index contributed by atoms with van der Waals surface area (Å²) in [6.07, 6.45) is 0. The Morgan fingerprint density at radius 2 is 1.47 bits per heavy atom. The smallest absolute Gasteiger partial charge is 0.238 e. The molecule has 148 valence electrons. The molecule has 3 aliphatic carbocycles. The second kappa shape index (κ2) is 5.83. The summed E-state index contributed by atoms with van der Waals surface area (Å²) in [5, 5.41) is 0.520. The molecule has 0 saturated carbocycles. The molecule has 1 fully saturated rings. The first-order valence-corrected chi connectivity index (χ1v) is 10.6. The van der Waals surface area contributed by atoms with E-state index in [2.05, 4.69) is 31.2 Å². The topological polar surface area (TPSA) is 37.4 Å². The third-order valence-corrected chi connectivity index (χ3v) is 7.69. The van der Waals surface area contributed by atoms with Crippen LogP contribution < -0.4 is 4.90 Å². The molecule has 0 unspecified atom stereocenters. The average molecular weight is 414 g/mol. The van der Waals surface area contributed by atoms with Gasteiger partial charge in [-0.2, -0.15) is 0 Å². The van der Waals surface area contributed by atoms with E-state index in [0.717, 1.165) is 5.56 Å². The first kappa shape index (κ1) is 17.9. The van der Waals surface area contributed by atoms with E-state index >= 15 is 0 Å². The standard InChI is InChI=1S/C26H20ClNO2/c1-14-11-12-15(27)13-20(14)28-24(29)22-21-16-7-3-5-9-18(16)26(2,23(22)25(28)30)19-10-6-4-8-17(19)21/h3-13,21-23H,1-2H3/t21?,22-,23-,26?/m1/s1. The number of amides is 2. The summed E-state index contributed by atoms with van der Waals surface area (Å²) in [6.45, 7) is 4.05. The van der Waals surface area contributed by atoms with Gasteiger partial charge in [0.15, 0.2) is 0 Å². The molecule has 7 rings (SSSR count). The van der Waals surface area contributed by atoms with Crippen molar-refractivity contribution in [2.75, 3.05) is 4.90 Å². The molecule has 2 amide bonds. The van der Waals surface area contributed by atoms with Crippen molar-refractivity contribution in [3.8, 4) is 0 Å². The summed E-state index contributed by atoms with van der Waals surface area (Å²) >= 11 is 6.24. The SMILES string of the molecule is Cc1ccc(Cl)cc1N1C(=O)[C@@H]2C3c4ccccc4C(C)(c4ccccc43)[C@H]2C1=O. The molecule has 1 aliphatic heterocycles. The lowest BCUT2D eigenvalue weighted by molar-refractivity contribution is -0.123. The van der Waals surface area contributed by atoms with E-state index in [9.17, 15) is 9.59 Å². The molecule has 1 saturated heterocycles. The fraction of sp³-hybridized carbons (Fsp3) is 0.231. The third kappa shape index (κ3) is 1.96. The van der Waals surface area contributed by atoms with E-state index in [1.807, 2.05) is 37.3 Å². The van der Waals surface area contributed by atoms with Gasteiger partial charge >= 0.3 is 0 Å². The van der Waals surface area contributed by atoms with Crippen LogP contribution in [0, 0.1) is 18.8 Å². The zero-order valence-electron chi connectivity index (χ0n) is 16.7. The Bertz CT molecular complexity index is 1220. The van der Waals surface area contributed by atoms with Crippen molar-refractivity contribution in [2.45, 2.75) is 25.2 Å². The van der Waals surface area contributed by atoms with Crippen LogP contribution >= 0.6 is 11.6 Å². The molecule has 4 heteroatoms. The number of hydrogen-bond acceptors (Lipinski definition) is 2. The van der Waals surface area contributed by atoms with Crippen molar-refractivity contribution in [3.63, 3.8) is 0 Å². The van der Waals surface area contributed by atoms with E-state index in [0.29, 0.717) is 10.7 Å². The molecule has 0 radical (unpaired) electrons. The monoisotopic (exact) mass is 413 g/mol. The van der Waals surface area contributed by atoms with E-state index in [1.165, 1.54) is 27.2 Å². The lowest BCUT2D eigenvalue weighted by Crippen LogP contribution is -2.51. The van der Waals surface area contributed by atoms with Crippen LogP contribution in [0.25, 0.3) is 0 Å². The maximum atomic E-state index is 13.9. The van der Waals surface area contributed by atoms with Gasteiger partial charge in [-0.05, 0) is 46.9 Å². The van der Waals surface area contributed by atoms with Crippen LogP contribution in [0.15, 0.2) is 66.7 Å². The van der Waals surface area contributed by atoms with Crippen molar-refractivity contribution in [2.24, 2.45) is 11.8 Å². The summed E-state index contributed by atoms with van der Waals surface area (Å²) in [4.78, 5) is 29.1. The zero-order chi connectivity index (χ0) is 20.8. The number of benzene rings is 3. The van der Waals surface area contributed by atoms with Gasteiger partial charge in [0.05, 0.1) is 17.5 Å². The largest absolute Gasteiger partial charge is 0.274 e. The highest BCUT2D eigenvalue weighted by Gasteiger charge is 2.66. The molecular formula is C26H20ClNO2. The van der Waals surface area contributed by atoms with Crippen LogP contribution in [0.1, 0.15) is 40.7 Å². The van der Waals surface area contributed by atoms with Gasteiger partial charge in [0, 0.05) is 16.4 Å². The highest BCUT2D eigenvalue weighted by molar-refractivity contribution is 6.31. The molecule has 0 N–H and O–H groups in total. The van der Waals surface area contributed by atoms with E-state index in [4.69, 9.17) is 11.6 Å². The predicted octanol–water partition coefficient (Wildman–Crippen LogP) is 5.22. The minimum absolute atomic E-state index is 0.106. The number of halogens is 1. The fourth-order valence-corrected chi connectivity index (χ4v) is 6.38. The molecule has 3 nitrogen and oxygen atoms in total. The molecule has 2 atom stereocenters. The Morgan fingerprint density at radius 3 is 2.10 bits per heavy atom. The Hall–Kier alpha value is -2.91. The molecule has 0 spiro atoms.